The monoisotopic (exact) mass is 378 g/mol. The van der Waals surface area contributed by atoms with Crippen molar-refractivity contribution in [1.29, 1.82) is 0 Å². The molecule has 3 aromatic rings. The van der Waals surface area contributed by atoms with Crippen LogP contribution >= 0.6 is 11.3 Å². The molecule has 2 atom stereocenters. The lowest BCUT2D eigenvalue weighted by Gasteiger charge is -2.37. The Morgan fingerprint density at radius 2 is 2.00 bits per heavy atom. The summed E-state index contributed by atoms with van der Waals surface area (Å²) in [7, 11) is 0. The fourth-order valence-corrected chi connectivity index (χ4v) is 4.78. The van der Waals surface area contributed by atoms with Crippen molar-refractivity contribution in [3.05, 3.63) is 76.5 Å². The molecular weight excluding hydrogens is 360 g/mol. The molecule has 27 heavy (non-hydrogen) atoms. The number of amides is 2. The summed E-state index contributed by atoms with van der Waals surface area (Å²) in [6.07, 6.45) is 3.69. The Morgan fingerprint density at radius 3 is 2.78 bits per heavy atom. The van der Waals surface area contributed by atoms with Gasteiger partial charge in [-0.25, -0.2) is 0 Å². The SMILES string of the molecule is O=C(c1cccs1)N1C[C@H]2[C@H](C1)n1cccc1C(=O)N2Cc1ccccn1. The lowest BCUT2D eigenvalue weighted by molar-refractivity contribution is 0.0547. The van der Waals surface area contributed by atoms with Crippen LogP contribution in [0, 0.1) is 0 Å². The molecule has 136 valence electrons. The average molecular weight is 378 g/mol. The third kappa shape index (κ3) is 2.66. The maximum Gasteiger partial charge on any atom is 0.271 e. The Hall–Kier alpha value is -2.93. The van der Waals surface area contributed by atoms with Gasteiger partial charge in [0.25, 0.3) is 11.8 Å². The van der Waals surface area contributed by atoms with E-state index in [0.29, 0.717) is 25.3 Å². The first-order valence-electron chi connectivity index (χ1n) is 8.93. The normalized spacial score (nSPS) is 21.3. The Balaban J connectivity index is 1.48. The molecule has 2 aliphatic rings. The van der Waals surface area contributed by atoms with Gasteiger partial charge in [-0.3, -0.25) is 14.6 Å². The Kier molecular flexibility index (Phi) is 3.82. The van der Waals surface area contributed by atoms with Gasteiger partial charge in [0, 0.05) is 25.5 Å². The molecule has 0 spiro atoms. The first kappa shape index (κ1) is 16.3. The molecule has 0 unspecified atom stereocenters. The van der Waals surface area contributed by atoms with E-state index >= 15 is 0 Å². The summed E-state index contributed by atoms with van der Waals surface area (Å²) in [6.45, 7) is 1.60. The second-order valence-corrected chi connectivity index (χ2v) is 7.82. The van der Waals surface area contributed by atoms with Gasteiger partial charge in [0.2, 0.25) is 0 Å². The van der Waals surface area contributed by atoms with Crippen LogP contribution in [0.3, 0.4) is 0 Å². The summed E-state index contributed by atoms with van der Waals surface area (Å²) >= 11 is 1.45. The van der Waals surface area contributed by atoms with Gasteiger partial charge in [-0.2, -0.15) is 0 Å². The molecule has 0 aliphatic carbocycles. The molecule has 2 amide bonds. The van der Waals surface area contributed by atoms with Crippen molar-refractivity contribution >= 4 is 23.2 Å². The van der Waals surface area contributed by atoms with Gasteiger partial charge in [0.1, 0.15) is 5.69 Å². The predicted molar refractivity (Wildman–Crippen MR) is 102 cm³/mol. The minimum atomic E-state index is -0.0525. The predicted octanol–water partition coefficient (Wildman–Crippen LogP) is 2.67. The number of hydrogen-bond donors (Lipinski definition) is 0. The van der Waals surface area contributed by atoms with E-state index in [4.69, 9.17) is 0 Å². The van der Waals surface area contributed by atoms with Crippen LogP contribution < -0.4 is 0 Å². The van der Waals surface area contributed by atoms with E-state index in [1.807, 2.05) is 68.4 Å². The number of thiophene rings is 1. The van der Waals surface area contributed by atoms with Crippen molar-refractivity contribution in [2.75, 3.05) is 13.1 Å². The zero-order valence-corrected chi connectivity index (χ0v) is 15.4. The number of likely N-dealkylation sites (tertiary alicyclic amines) is 1. The van der Waals surface area contributed by atoms with Crippen LogP contribution in [0.4, 0.5) is 0 Å². The van der Waals surface area contributed by atoms with Gasteiger partial charge in [-0.15, -0.1) is 11.3 Å². The minimum Gasteiger partial charge on any atom is -0.337 e. The minimum absolute atomic E-state index is 0.00248. The van der Waals surface area contributed by atoms with E-state index in [2.05, 4.69) is 4.98 Å². The highest BCUT2D eigenvalue weighted by Crippen LogP contribution is 2.35. The molecule has 6 nitrogen and oxygen atoms in total. The van der Waals surface area contributed by atoms with Crippen molar-refractivity contribution in [2.24, 2.45) is 0 Å². The average Bonchev–Trinajstić information content (AvgIpc) is 3.45. The second kappa shape index (κ2) is 6.35. The Morgan fingerprint density at radius 1 is 1.11 bits per heavy atom. The van der Waals surface area contributed by atoms with E-state index < -0.39 is 0 Å². The molecule has 5 heterocycles. The molecule has 0 bridgehead atoms. The topological polar surface area (TPSA) is 58.4 Å². The van der Waals surface area contributed by atoms with Crippen molar-refractivity contribution < 1.29 is 9.59 Å². The zero-order chi connectivity index (χ0) is 18.4. The fraction of sp³-hybridized carbons (Fsp3) is 0.250. The third-order valence-electron chi connectivity index (χ3n) is 5.35. The maximum absolute atomic E-state index is 13.1. The molecule has 0 radical (unpaired) electrons. The summed E-state index contributed by atoms with van der Waals surface area (Å²) < 4.78 is 2.03. The number of hydrogen-bond acceptors (Lipinski definition) is 4. The summed E-state index contributed by atoms with van der Waals surface area (Å²) in [5, 5.41) is 1.91. The van der Waals surface area contributed by atoms with Crippen molar-refractivity contribution in [1.82, 2.24) is 19.4 Å². The van der Waals surface area contributed by atoms with Crippen LogP contribution in [0.2, 0.25) is 0 Å². The van der Waals surface area contributed by atoms with Crippen LogP contribution in [0.5, 0.6) is 0 Å². The number of fused-ring (bicyclic) bond motifs is 3. The van der Waals surface area contributed by atoms with E-state index in [9.17, 15) is 9.59 Å². The van der Waals surface area contributed by atoms with Crippen LogP contribution in [-0.4, -0.2) is 50.3 Å². The number of rotatable bonds is 3. The summed E-state index contributed by atoms with van der Waals surface area (Å²) in [4.78, 5) is 34.8. The van der Waals surface area contributed by atoms with Gasteiger partial charge >= 0.3 is 0 Å². The maximum atomic E-state index is 13.1. The number of pyridine rings is 1. The molecule has 3 aromatic heterocycles. The first-order valence-corrected chi connectivity index (χ1v) is 9.81. The number of aromatic nitrogens is 2. The lowest BCUT2D eigenvalue weighted by atomic mass is 10.1. The largest absolute Gasteiger partial charge is 0.337 e. The third-order valence-corrected chi connectivity index (χ3v) is 6.21. The zero-order valence-electron chi connectivity index (χ0n) is 14.6. The van der Waals surface area contributed by atoms with Gasteiger partial charge in [0.15, 0.2) is 0 Å². The fourth-order valence-electron chi connectivity index (χ4n) is 4.09. The highest BCUT2D eigenvalue weighted by atomic mass is 32.1. The molecule has 5 rings (SSSR count). The molecule has 7 heteroatoms. The van der Waals surface area contributed by atoms with E-state index in [1.165, 1.54) is 11.3 Å². The molecule has 2 aliphatic heterocycles. The molecule has 0 N–H and O–H groups in total. The van der Waals surface area contributed by atoms with E-state index in [0.717, 1.165) is 10.6 Å². The van der Waals surface area contributed by atoms with Crippen LogP contribution in [-0.2, 0) is 6.54 Å². The van der Waals surface area contributed by atoms with Gasteiger partial charge in [0.05, 0.1) is 29.2 Å². The number of nitrogens with zero attached hydrogens (tertiary/aromatic N) is 4. The van der Waals surface area contributed by atoms with Gasteiger partial charge < -0.3 is 14.4 Å². The molecule has 1 fully saturated rings. The van der Waals surface area contributed by atoms with Crippen LogP contribution in [0.1, 0.15) is 31.9 Å². The van der Waals surface area contributed by atoms with Crippen molar-refractivity contribution in [3.8, 4) is 0 Å². The van der Waals surface area contributed by atoms with Crippen molar-refractivity contribution in [3.63, 3.8) is 0 Å². The molecule has 0 saturated carbocycles. The van der Waals surface area contributed by atoms with Crippen LogP contribution in [0.15, 0.2) is 60.2 Å². The highest BCUT2D eigenvalue weighted by Gasteiger charge is 2.46. The van der Waals surface area contributed by atoms with Gasteiger partial charge in [-0.05, 0) is 35.7 Å². The van der Waals surface area contributed by atoms with Gasteiger partial charge in [-0.1, -0.05) is 12.1 Å². The number of carbonyl (C=O) groups is 2. The quantitative estimate of drug-likeness (QED) is 0.704. The summed E-state index contributed by atoms with van der Waals surface area (Å²) in [6, 6.07) is 13.2. The van der Waals surface area contributed by atoms with E-state index in [-0.39, 0.29) is 23.9 Å². The summed E-state index contributed by atoms with van der Waals surface area (Å²) in [5.74, 6) is 0.0377. The Bertz CT molecular complexity index is 983. The lowest BCUT2D eigenvalue weighted by Crippen LogP contribution is -2.50. The first-order chi connectivity index (χ1) is 13.2. The highest BCUT2D eigenvalue weighted by molar-refractivity contribution is 7.12. The van der Waals surface area contributed by atoms with E-state index in [1.54, 1.807) is 6.20 Å². The van der Waals surface area contributed by atoms with Crippen molar-refractivity contribution in [2.45, 2.75) is 18.6 Å². The number of carbonyl (C=O) groups excluding carboxylic acids is 2. The summed E-state index contributed by atoms with van der Waals surface area (Å²) in [5.41, 5.74) is 1.53. The van der Waals surface area contributed by atoms with Crippen LogP contribution in [0.25, 0.3) is 0 Å². The smallest absolute Gasteiger partial charge is 0.271 e. The molecule has 1 saturated heterocycles. The second-order valence-electron chi connectivity index (χ2n) is 6.88. The molecule has 0 aromatic carbocycles. The standard InChI is InChI=1S/C20H18N4O2S/c25-19-15-6-3-9-23(15)16-12-22(20(26)18-7-4-10-27-18)13-17(16)24(19)11-14-5-1-2-8-21-14/h1-10,16-17H,11-13H2/t16-,17-/m0/s1. The molecular formula is C20H18N4O2S. The Labute approximate surface area is 160 Å².